The highest BCUT2D eigenvalue weighted by Gasteiger charge is 2.13. The van der Waals surface area contributed by atoms with E-state index in [-0.39, 0.29) is 16.5 Å². The van der Waals surface area contributed by atoms with Crippen LogP contribution in [0.5, 0.6) is 5.75 Å². The second-order valence-corrected chi connectivity index (χ2v) is 6.94. The van der Waals surface area contributed by atoms with Crippen LogP contribution in [-0.2, 0) is 0 Å². The summed E-state index contributed by atoms with van der Waals surface area (Å²) >= 11 is 5.96. The highest BCUT2D eigenvalue weighted by molar-refractivity contribution is 6.34. The van der Waals surface area contributed by atoms with Gasteiger partial charge in [0.2, 0.25) is 0 Å². The van der Waals surface area contributed by atoms with Crippen LogP contribution in [0.3, 0.4) is 0 Å². The molecule has 0 aliphatic heterocycles. The number of hydrogen-bond donors (Lipinski definition) is 2. The Kier molecular flexibility index (Phi) is 6.87. The SMILES string of the molecule is CC(COc1ccc(NC(=O)NC(=O)c2ccccc2Cl)cc1)c1ccccc1. The van der Waals surface area contributed by atoms with Crippen LogP contribution in [0.15, 0.2) is 78.9 Å². The molecule has 0 heterocycles. The average Bonchev–Trinajstić information content (AvgIpc) is 2.74. The number of halogens is 1. The predicted octanol–water partition coefficient (Wildman–Crippen LogP) is 5.48. The van der Waals surface area contributed by atoms with Crippen LogP contribution in [0.2, 0.25) is 5.02 Å². The molecule has 1 unspecified atom stereocenters. The Morgan fingerprint density at radius 2 is 1.59 bits per heavy atom. The van der Waals surface area contributed by atoms with E-state index in [0.29, 0.717) is 18.0 Å². The molecule has 29 heavy (non-hydrogen) atoms. The molecule has 0 bridgehead atoms. The van der Waals surface area contributed by atoms with Gasteiger partial charge in [-0.05, 0) is 42.0 Å². The monoisotopic (exact) mass is 408 g/mol. The van der Waals surface area contributed by atoms with Crippen molar-refractivity contribution in [2.75, 3.05) is 11.9 Å². The molecule has 3 amide bonds. The first kappa shape index (κ1) is 20.4. The molecule has 0 aliphatic rings. The number of carbonyl (C=O) groups is 2. The third kappa shape index (κ3) is 5.83. The Morgan fingerprint density at radius 1 is 0.931 bits per heavy atom. The van der Waals surface area contributed by atoms with Crippen molar-refractivity contribution in [1.29, 1.82) is 0 Å². The van der Waals surface area contributed by atoms with Crippen molar-refractivity contribution in [3.05, 3.63) is 95.0 Å². The van der Waals surface area contributed by atoms with Crippen molar-refractivity contribution in [1.82, 2.24) is 5.32 Å². The molecule has 0 fully saturated rings. The van der Waals surface area contributed by atoms with Crippen molar-refractivity contribution in [2.24, 2.45) is 0 Å². The summed E-state index contributed by atoms with van der Waals surface area (Å²) in [6.45, 7) is 2.65. The number of anilines is 1. The number of carbonyl (C=O) groups excluding carboxylic acids is 2. The molecule has 0 spiro atoms. The topological polar surface area (TPSA) is 67.4 Å². The summed E-state index contributed by atoms with van der Waals surface area (Å²) in [6, 6.07) is 23.0. The van der Waals surface area contributed by atoms with E-state index in [9.17, 15) is 9.59 Å². The van der Waals surface area contributed by atoms with E-state index in [2.05, 4.69) is 29.7 Å². The van der Waals surface area contributed by atoms with Crippen LogP contribution in [-0.4, -0.2) is 18.5 Å². The van der Waals surface area contributed by atoms with Gasteiger partial charge in [0.05, 0.1) is 17.2 Å². The zero-order chi connectivity index (χ0) is 20.6. The van der Waals surface area contributed by atoms with Gasteiger partial charge in [-0.3, -0.25) is 10.1 Å². The molecule has 0 aromatic heterocycles. The van der Waals surface area contributed by atoms with Gasteiger partial charge in [0.25, 0.3) is 5.91 Å². The second kappa shape index (κ2) is 9.75. The van der Waals surface area contributed by atoms with Gasteiger partial charge in [0.1, 0.15) is 5.75 Å². The van der Waals surface area contributed by atoms with Crippen molar-refractivity contribution < 1.29 is 14.3 Å². The summed E-state index contributed by atoms with van der Waals surface area (Å²) in [7, 11) is 0. The van der Waals surface area contributed by atoms with E-state index < -0.39 is 11.9 Å². The Morgan fingerprint density at radius 3 is 2.28 bits per heavy atom. The molecular weight excluding hydrogens is 388 g/mol. The van der Waals surface area contributed by atoms with Gasteiger partial charge in [-0.25, -0.2) is 4.79 Å². The van der Waals surface area contributed by atoms with Crippen molar-refractivity contribution >= 4 is 29.2 Å². The minimum absolute atomic E-state index is 0.237. The van der Waals surface area contributed by atoms with Gasteiger partial charge in [-0.15, -0.1) is 0 Å². The van der Waals surface area contributed by atoms with E-state index in [0.717, 1.165) is 0 Å². The lowest BCUT2D eigenvalue weighted by atomic mass is 10.0. The maximum absolute atomic E-state index is 12.1. The Bertz CT molecular complexity index is 975. The molecule has 1 atom stereocenters. The van der Waals surface area contributed by atoms with Crippen molar-refractivity contribution in [3.8, 4) is 5.75 Å². The second-order valence-electron chi connectivity index (χ2n) is 6.54. The number of urea groups is 1. The molecule has 0 aliphatic carbocycles. The Hall–Kier alpha value is -3.31. The number of amides is 3. The molecule has 0 radical (unpaired) electrons. The average molecular weight is 409 g/mol. The van der Waals surface area contributed by atoms with Crippen LogP contribution < -0.4 is 15.4 Å². The standard InChI is InChI=1S/C23H21ClN2O3/c1-16(17-7-3-2-4-8-17)15-29-19-13-11-18(12-14-19)25-23(28)26-22(27)20-9-5-6-10-21(20)24/h2-14,16H,15H2,1H3,(H2,25,26,27,28). The number of ether oxygens (including phenoxy) is 1. The number of nitrogens with one attached hydrogen (secondary N) is 2. The van der Waals surface area contributed by atoms with Gasteiger partial charge >= 0.3 is 6.03 Å². The number of rotatable bonds is 6. The summed E-state index contributed by atoms with van der Waals surface area (Å²) in [6.07, 6.45) is 0. The minimum Gasteiger partial charge on any atom is -0.493 e. The van der Waals surface area contributed by atoms with E-state index >= 15 is 0 Å². The van der Waals surface area contributed by atoms with Gasteiger partial charge < -0.3 is 10.1 Å². The quantitative estimate of drug-likeness (QED) is 0.567. The molecule has 3 rings (SSSR count). The van der Waals surface area contributed by atoms with Crippen molar-refractivity contribution in [3.63, 3.8) is 0 Å². The molecule has 2 N–H and O–H groups in total. The summed E-state index contributed by atoms with van der Waals surface area (Å²) in [5, 5.41) is 5.15. The lowest BCUT2D eigenvalue weighted by Gasteiger charge is -2.14. The van der Waals surface area contributed by atoms with Gasteiger partial charge in [0, 0.05) is 11.6 Å². The zero-order valence-corrected chi connectivity index (χ0v) is 16.6. The summed E-state index contributed by atoms with van der Waals surface area (Å²) < 4.78 is 5.82. The third-order valence-corrected chi connectivity index (χ3v) is 4.66. The largest absolute Gasteiger partial charge is 0.493 e. The van der Waals surface area contributed by atoms with E-state index in [1.54, 1.807) is 48.5 Å². The lowest BCUT2D eigenvalue weighted by Crippen LogP contribution is -2.34. The molecule has 3 aromatic carbocycles. The maximum atomic E-state index is 12.1. The van der Waals surface area contributed by atoms with Crippen LogP contribution in [0.1, 0.15) is 28.8 Å². The predicted molar refractivity (Wildman–Crippen MR) is 115 cm³/mol. The molecule has 3 aromatic rings. The Balaban J connectivity index is 1.50. The molecule has 0 saturated carbocycles. The molecule has 6 heteroatoms. The van der Waals surface area contributed by atoms with Gasteiger partial charge in [-0.1, -0.05) is 61.0 Å². The van der Waals surface area contributed by atoms with Gasteiger partial charge in [0.15, 0.2) is 0 Å². The normalized spacial score (nSPS) is 11.4. The number of benzene rings is 3. The fraction of sp³-hybridized carbons (Fsp3) is 0.130. The molecule has 5 nitrogen and oxygen atoms in total. The van der Waals surface area contributed by atoms with Gasteiger partial charge in [-0.2, -0.15) is 0 Å². The van der Waals surface area contributed by atoms with Crippen LogP contribution in [0.25, 0.3) is 0 Å². The molecule has 0 saturated heterocycles. The summed E-state index contributed by atoms with van der Waals surface area (Å²) in [4.78, 5) is 24.2. The summed E-state index contributed by atoms with van der Waals surface area (Å²) in [5.74, 6) is 0.393. The zero-order valence-electron chi connectivity index (χ0n) is 15.9. The lowest BCUT2D eigenvalue weighted by molar-refractivity contribution is 0.0967. The number of imide groups is 1. The fourth-order valence-corrected chi connectivity index (χ4v) is 2.93. The van der Waals surface area contributed by atoms with Crippen LogP contribution in [0, 0.1) is 0 Å². The van der Waals surface area contributed by atoms with E-state index in [1.807, 2.05) is 18.2 Å². The first-order chi connectivity index (χ1) is 14.0. The smallest absolute Gasteiger partial charge is 0.326 e. The highest BCUT2D eigenvalue weighted by atomic mass is 35.5. The minimum atomic E-state index is -0.638. The maximum Gasteiger partial charge on any atom is 0.326 e. The first-order valence-corrected chi connectivity index (χ1v) is 9.55. The van der Waals surface area contributed by atoms with Crippen LogP contribution in [0.4, 0.5) is 10.5 Å². The third-order valence-electron chi connectivity index (χ3n) is 4.33. The van der Waals surface area contributed by atoms with E-state index in [4.69, 9.17) is 16.3 Å². The molecule has 148 valence electrons. The fourth-order valence-electron chi connectivity index (χ4n) is 2.71. The Labute approximate surface area is 174 Å². The number of hydrogen-bond acceptors (Lipinski definition) is 3. The molecular formula is C23H21ClN2O3. The highest BCUT2D eigenvalue weighted by Crippen LogP contribution is 2.20. The first-order valence-electron chi connectivity index (χ1n) is 9.17. The van der Waals surface area contributed by atoms with Crippen molar-refractivity contribution in [2.45, 2.75) is 12.8 Å². The summed E-state index contributed by atoms with van der Waals surface area (Å²) in [5.41, 5.74) is 1.99. The van der Waals surface area contributed by atoms with E-state index in [1.165, 1.54) is 5.56 Å². The van der Waals surface area contributed by atoms with Crippen LogP contribution >= 0.6 is 11.6 Å².